The summed E-state index contributed by atoms with van der Waals surface area (Å²) in [5, 5.41) is 4.16. The molecule has 1 fully saturated rings. The molecular weight excluding hydrogens is 368 g/mol. The summed E-state index contributed by atoms with van der Waals surface area (Å²) in [7, 11) is -3.51. The number of sulfone groups is 1. The van der Waals surface area contributed by atoms with Gasteiger partial charge in [-0.2, -0.15) is 14.6 Å². The third-order valence-corrected chi connectivity index (χ3v) is 5.82. The van der Waals surface area contributed by atoms with Crippen molar-refractivity contribution in [1.82, 2.24) is 29.5 Å². The molecule has 3 aromatic heterocycles. The average Bonchev–Trinajstić information content (AvgIpc) is 3.15. The molecule has 4 rings (SSSR count). The maximum atomic E-state index is 12.8. The number of hydrogen-bond acceptors (Lipinski definition) is 7. The highest BCUT2D eigenvalue weighted by Crippen LogP contribution is 2.31. The molecule has 0 spiro atoms. The molecule has 0 saturated carbocycles. The van der Waals surface area contributed by atoms with E-state index in [0.717, 1.165) is 19.1 Å². The number of carbonyl (C=O) groups is 1. The van der Waals surface area contributed by atoms with Gasteiger partial charge in [0.05, 0.1) is 17.5 Å². The van der Waals surface area contributed by atoms with Crippen LogP contribution in [0.1, 0.15) is 34.8 Å². The van der Waals surface area contributed by atoms with Gasteiger partial charge in [0, 0.05) is 37.7 Å². The van der Waals surface area contributed by atoms with E-state index in [4.69, 9.17) is 0 Å². The molecule has 10 heteroatoms. The van der Waals surface area contributed by atoms with Crippen LogP contribution in [0.3, 0.4) is 0 Å². The van der Waals surface area contributed by atoms with Crippen molar-refractivity contribution in [3.8, 4) is 0 Å². The summed E-state index contributed by atoms with van der Waals surface area (Å²) in [5.74, 6) is 0.0435. The van der Waals surface area contributed by atoms with E-state index in [2.05, 4.69) is 20.1 Å². The number of rotatable bonds is 3. The zero-order chi connectivity index (χ0) is 19.0. The Morgan fingerprint density at radius 3 is 2.85 bits per heavy atom. The Balaban J connectivity index is 1.73. The zero-order valence-electron chi connectivity index (χ0n) is 14.7. The Morgan fingerprint density at radius 2 is 2.11 bits per heavy atom. The summed E-state index contributed by atoms with van der Waals surface area (Å²) in [6.07, 6.45) is 8.49. The van der Waals surface area contributed by atoms with Gasteiger partial charge in [0.1, 0.15) is 11.2 Å². The summed E-state index contributed by atoms with van der Waals surface area (Å²) < 4.78 is 26.1. The third-order valence-electron chi connectivity index (χ3n) is 4.71. The fraction of sp³-hybridized carbons (Fsp3) is 0.353. The third kappa shape index (κ3) is 3.27. The molecule has 0 aliphatic carbocycles. The van der Waals surface area contributed by atoms with Crippen molar-refractivity contribution in [1.29, 1.82) is 0 Å². The van der Waals surface area contributed by atoms with Crippen LogP contribution < -0.4 is 0 Å². The van der Waals surface area contributed by atoms with Gasteiger partial charge in [-0.3, -0.25) is 9.78 Å². The van der Waals surface area contributed by atoms with Gasteiger partial charge < -0.3 is 4.90 Å². The van der Waals surface area contributed by atoms with Gasteiger partial charge in [-0.1, -0.05) is 0 Å². The van der Waals surface area contributed by atoms with Crippen LogP contribution in [0.2, 0.25) is 0 Å². The second-order valence-electron chi connectivity index (χ2n) is 6.58. The van der Waals surface area contributed by atoms with E-state index in [1.54, 1.807) is 23.2 Å². The fourth-order valence-corrected chi connectivity index (χ4v) is 4.37. The molecule has 9 nitrogen and oxygen atoms in total. The Hall–Kier alpha value is -2.88. The summed E-state index contributed by atoms with van der Waals surface area (Å²) in [4.78, 5) is 26.8. The fourth-order valence-electron chi connectivity index (χ4n) is 3.50. The van der Waals surface area contributed by atoms with Gasteiger partial charge in [-0.25, -0.2) is 13.4 Å². The highest BCUT2D eigenvalue weighted by Gasteiger charge is 2.31. The van der Waals surface area contributed by atoms with E-state index in [-0.39, 0.29) is 16.7 Å². The van der Waals surface area contributed by atoms with Crippen molar-refractivity contribution in [2.24, 2.45) is 0 Å². The highest BCUT2D eigenvalue weighted by molar-refractivity contribution is 7.90. The lowest BCUT2D eigenvalue weighted by molar-refractivity contribution is 0.0704. The lowest BCUT2D eigenvalue weighted by atomic mass is 9.94. The van der Waals surface area contributed by atoms with Crippen LogP contribution in [0.15, 0.2) is 41.9 Å². The normalized spacial score (nSPS) is 18.0. The first-order valence-corrected chi connectivity index (χ1v) is 10.4. The van der Waals surface area contributed by atoms with Gasteiger partial charge in [0.2, 0.25) is 0 Å². The van der Waals surface area contributed by atoms with Crippen molar-refractivity contribution in [3.63, 3.8) is 0 Å². The summed E-state index contributed by atoms with van der Waals surface area (Å²) in [5.41, 5.74) is 1.05. The zero-order valence-corrected chi connectivity index (χ0v) is 15.5. The number of piperidine rings is 1. The molecule has 1 saturated heterocycles. The van der Waals surface area contributed by atoms with Crippen molar-refractivity contribution in [2.45, 2.75) is 23.7 Å². The predicted molar refractivity (Wildman–Crippen MR) is 96.0 cm³/mol. The van der Waals surface area contributed by atoms with Crippen LogP contribution in [0.5, 0.6) is 0 Å². The van der Waals surface area contributed by atoms with E-state index < -0.39 is 9.84 Å². The molecule has 4 heterocycles. The summed E-state index contributed by atoms with van der Waals surface area (Å²) >= 11 is 0. The minimum atomic E-state index is -3.51. The average molecular weight is 386 g/mol. The first-order valence-electron chi connectivity index (χ1n) is 8.53. The molecule has 1 aliphatic heterocycles. The SMILES string of the molecule is CS(=O)(=O)c1cnc2ncnn2c1C1CCCN(C(=O)c2cccnc2)C1. The van der Waals surface area contributed by atoms with Crippen LogP contribution in [0.25, 0.3) is 5.78 Å². The minimum absolute atomic E-state index is 0.113. The number of pyridine rings is 1. The molecule has 0 aromatic carbocycles. The minimum Gasteiger partial charge on any atom is -0.338 e. The van der Waals surface area contributed by atoms with Crippen molar-refractivity contribution in [2.75, 3.05) is 19.3 Å². The number of amides is 1. The molecule has 27 heavy (non-hydrogen) atoms. The van der Waals surface area contributed by atoms with Gasteiger partial charge in [0.15, 0.2) is 9.84 Å². The Labute approximate surface area is 156 Å². The van der Waals surface area contributed by atoms with E-state index >= 15 is 0 Å². The quantitative estimate of drug-likeness (QED) is 0.659. The first-order chi connectivity index (χ1) is 12.9. The number of aromatic nitrogens is 5. The highest BCUT2D eigenvalue weighted by atomic mass is 32.2. The number of carbonyl (C=O) groups excluding carboxylic acids is 1. The second kappa shape index (κ2) is 6.69. The largest absolute Gasteiger partial charge is 0.338 e. The molecule has 1 unspecified atom stereocenters. The topological polar surface area (TPSA) is 110 Å². The van der Waals surface area contributed by atoms with Crippen molar-refractivity contribution < 1.29 is 13.2 Å². The predicted octanol–water partition coefficient (Wildman–Crippen LogP) is 0.943. The van der Waals surface area contributed by atoms with Crippen LogP contribution in [-0.2, 0) is 9.84 Å². The van der Waals surface area contributed by atoms with Crippen LogP contribution in [-0.4, -0.2) is 63.1 Å². The standard InChI is InChI=1S/C17H18N6O3S/c1-27(25,26)14-9-19-17-20-11-21-23(17)15(14)13-5-3-7-22(10-13)16(24)12-4-2-6-18-8-12/h2,4,6,8-9,11,13H,3,5,7,10H2,1H3. The monoisotopic (exact) mass is 386 g/mol. The Morgan fingerprint density at radius 1 is 1.26 bits per heavy atom. The second-order valence-corrected chi connectivity index (χ2v) is 8.57. The van der Waals surface area contributed by atoms with Gasteiger partial charge in [0.25, 0.3) is 11.7 Å². The van der Waals surface area contributed by atoms with Crippen molar-refractivity contribution in [3.05, 3.63) is 48.3 Å². The molecule has 1 amide bonds. The molecular formula is C17H18N6O3S. The molecule has 1 atom stereocenters. The van der Waals surface area contributed by atoms with E-state index in [1.807, 2.05) is 0 Å². The maximum Gasteiger partial charge on any atom is 0.255 e. The van der Waals surface area contributed by atoms with Crippen LogP contribution in [0, 0.1) is 0 Å². The van der Waals surface area contributed by atoms with Gasteiger partial charge in [-0.15, -0.1) is 0 Å². The number of likely N-dealkylation sites (tertiary alicyclic amines) is 1. The number of nitrogens with zero attached hydrogens (tertiary/aromatic N) is 6. The first kappa shape index (κ1) is 17.5. The number of hydrogen-bond donors (Lipinski definition) is 0. The molecule has 0 N–H and O–H groups in total. The van der Waals surface area contributed by atoms with E-state index in [0.29, 0.717) is 30.1 Å². The summed E-state index contributed by atoms with van der Waals surface area (Å²) in [6, 6.07) is 3.45. The summed E-state index contributed by atoms with van der Waals surface area (Å²) in [6.45, 7) is 1.01. The maximum absolute atomic E-state index is 12.8. The van der Waals surface area contributed by atoms with Crippen LogP contribution in [0.4, 0.5) is 0 Å². The molecule has 140 valence electrons. The van der Waals surface area contributed by atoms with Gasteiger partial charge >= 0.3 is 0 Å². The van der Waals surface area contributed by atoms with E-state index in [9.17, 15) is 13.2 Å². The Bertz CT molecular complexity index is 1100. The molecule has 0 radical (unpaired) electrons. The van der Waals surface area contributed by atoms with Crippen LogP contribution >= 0.6 is 0 Å². The lowest BCUT2D eigenvalue weighted by Crippen LogP contribution is -2.40. The van der Waals surface area contributed by atoms with Gasteiger partial charge in [-0.05, 0) is 25.0 Å². The Kier molecular flexibility index (Phi) is 4.34. The smallest absolute Gasteiger partial charge is 0.255 e. The molecule has 3 aromatic rings. The molecule has 1 aliphatic rings. The van der Waals surface area contributed by atoms with Crippen molar-refractivity contribution >= 4 is 21.5 Å². The molecule has 0 bridgehead atoms. The number of fused-ring (bicyclic) bond motifs is 1. The lowest BCUT2D eigenvalue weighted by Gasteiger charge is -2.33. The van der Waals surface area contributed by atoms with E-state index in [1.165, 1.54) is 23.2 Å².